The Labute approximate surface area is 283 Å². The number of nitrogens with zero attached hydrogens (tertiary/aromatic N) is 5. The molecule has 6 aromatic carbocycles. The first kappa shape index (κ1) is 28.4. The van der Waals surface area contributed by atoms with Gasteiger partial charge < -0.3 is 9.47 Å². The van der Waals surface area contributed by atoms with Gasteiger partial charge in [-0.3, -0.25) is 4.57 Å². The number of benzene rings is 6. The maximum Gasteiger partial charge on any atom is 0.127 e. The van der Waals surface area contributed by atoms with Crippen molar-refractivity contribution in [3.05, 3.63) is 168 Å². The molecule has 9 rings (SSSR count). The first-order chi connectivity index (χ1) is 24.1. The van der Waals surface area contributed by atoms with Crippen LogP contribution in [0.5, 0.6) is 0 Å². The van der Waals surface area contributed by atoms with Crippen LogP contribution in [0.15, 0.2) is 152 Å². The molecule has 1 aliphatic rings. The van der Waals surface area contributed by atoms with E-state index in [9.17, 15) is 10.5 Å². The number of nitriles is 2. The molecule has 0 fully saturated rings. The largest absolute Gasteiger partial charge is 0.337 e. The van der Waals surface area contributed by atoms with E-state index in [1.54, 1.807) is 0 Å². The van der Waals surface area contributed by atoms with Gasteiger partial charge in [0.25, 0.3) is 0 Å². The lowest BCUT2D eigenvalue weighted by molar-refractivity contribution is 0.320. The second kappa shape index (κ2) is 11.2. The van der Waals surface area contributed by atoms with Gasteiger partial charge in [0.05, 0.1) is 45.3 Å². The number of hydrogen-bond acceptors (Lipinski definition) is 3. The summed E-state index contributed by atoms with van der Waals surface area (Å²) in [6.07, 6.45) is 4.45. The molecule has 0 radical (unpaired) electrons. The van der Waals surface area contributed by atoms with Gasteiger partial charge in [-0.25, -0.2) is 0 Å². The number of para-hydroxylation sites is 3. The Hall–Kier alpha value is -6.82. The van der Waals surface area contributed by atoms with E-state index in [1.807, 2.05) is 36.4 Å². The Kier molecular flexibility index (Phi) is 6.47. The summed E-state index contributed by atoms with van der Waals surface area (Å²) in [6, 6.07) is 52.6. The first-order valence-corrected chi connectivity index (χ1v) is 16.3. The topological polar surface area (TPSA) is 60.7 Å². The summed E-state index contributed by atoms with van der Waals surface area (Å²) < 4.78 is 4.79. The highest BCUT2D eigenvalue weighted by Crippen LogP contribution is 2.43. The Morgan fingerprint density at radius 2 is 1.06 bits per heavy atom. The zero-order valence-corrected chi connectivity index (χ0v) is 26.7. The molecule has 49 heavy (non-hydrogen) atoms. The molecule has 5 heteroatoms. The second-order valence-electron chi connectivity index (χ2n) is 12.5. The zero-order chi connectivity index (χ0) is 33.1. The Balaban J connectivity index is 1.35. The fourth-order valence-electron chi connectivity index (χ4n) is 7.57. The molecule has 0 amide bonds. The lowest BCUT2D eigenvalue weighted by atomic mass is 9.92. The Bertz CT molecular complexity index is 2710. The fourth-order valence-corrected chi connectivity index (χ4v) is 7.57. The minimum atomic E-state index is -0.209. The molecule has 3 heterocycles. The molecular formula is C44H29N5. The minimum Gasteiger partial charge on any atom is -0.337 e. The molecule has 1 aliphatic heterocycles. The van der Waals surface area contributed by atoms with E-state index in [1.165, 1.54) is 10.8 Å². The summed E-state index contributed by atoms with van der Waals surface area (Å²) in [4.78, 5) is 2.36. The van der Waals surface area contributed by atoms with Crippen LogP contribution >= 0.6 is 0 Å². The van der Waals surface area contributed by atoms with Crippen LogP contribution in [0.25, 0.3) is 66.1 Å². The van der Waals surface area contributed by atoms with Gasteiger partial charge in [-0.15, -0.1) is 0 Å². The molecule has 0 N–H and O–H groups in total. The third kappa shape index (κ3) is 4.38. The van der Waals surface area contributed by atoms with Crippen molar-refractivity contribution in [3.8, 4) is 23.3 Å². The predicted octanol–water partition coefficient (Wildman–Crippen LogP) is 10.3. The summed E-state index contributed by atoms with van der Waals surface area (Å²) in [6.45, 7) is 0. The van der Waals surface area contributed by atoms with Crippen LogP contribution in [-0.2, 0) is 0 Å². The van der Waals surface area contributed by atoms with Gasteiger partial charge in [-0.05, 0) is 82.9 Å². The molecule has 230 valence electrons. The van der Waals surface area contributed by atoms with Crippen LogP contribution in [0.4, 0.5) is 0 Å². The summed E-state index contributed by atoms with van der Waals surface area (Å²) in [7, 11) is 2.17. The molecule has 0 spiro atoms. The van der Waals surface area contributed by atoms with E-state index in [-0.39, 0.29) is 6.17 Å². The molecule has 0 bridgehead atoms. The minimum absolute atomic E-state index is 0.209. The van der Waals surface area contributed by atoms with Crippen LogP contribution in [0.1, 0.15) is 22.9 Å². The van der Waals surface area contributed by atoms with Crippen LogP contribution in [0, 0.1) is 22.7 Å². The van der Waals surface area contributed by atoms with Crippen molar-refractivity contribution < 1.29 is 0 Å². The van der Waals surface area contributed by atoms with E-state index in [2.05, 4.69) is 149 Å². The predicted molar refractivity (Wildman–Crippen MR) is 199 cm³/mol. The summed E-state index contributed by atoms with van der Waals surface area (Å²) >= 11 is 0. The van der Waals surface area contributed by atoms with E-state index in [0.29, 0.717) is 11.1 Å². The van der Waals surface area contributed by atoms with Gasteiger partial charge in [-0.1, -0.05) is 91.0 Å². The molecular weight excluding hydrogens is 599 g/mol. The summed E-state index contributed by atoms with van der Waals surface area (Å²) in [5, 5.41) is 23.8. The van der Waals surface area contributed by atoms with E-state index >= 15 is 0 Å². The van der Waals surface area contributed by atoms with Crippen LogP contribution < -0.4 is 0 Å². The third-order valence-electron chi connectivity index (χ3n) is 9.85. The van der Waals surface area contributed by atoms with Crippen molar-refractivity contribution >= 4 is 55.0 Å². The van der Waals surface area contributed by atoms with Crippen LogP contribution in [0.3, 0.4) is 0 Å². The molecule has 2 aromatic heterocycles. The average molecular weight is 628 g/mol. The van der Waals surface area contributed by atoms with Crippen molar-refractivity contribution in [1.82, 2.24) is 14.0 Å². The van der Waals surface area contributed by atoms with Crippen molar-refractivity contribution in [2.24, 2.45) is 0 Å². The van der Waals surface area contributed by atoms with Crippen LogP contribution in [0.2, 0.25) is 0 Å². The third-order valence-corrected chi connectivity index (χ3v) is 9.85. The SMILES string of the molecule is CN1C(n2c3ccccc3c3ccccc32)=CC(c2ccccc2-c2ccc(C#N)cc2)=CC1n1c2ccccc2c2cc(C#N)ccc21. The zero-order valence-electron chi connectivity index (χ0n) is 26.7. The van der Waals surface area contributed by atoms with Crippen molar-refractivity contribution in [1.29, 1.82) is 10.5 Å². The lowest BCUT2D eigenvalue weighted by Gasteiger charge is -2.37. The molecule has 5 nitrogen and oxygen atoms in total. The van der Waals surface area contributed by atoms with Gasteiger partial charge >= 0.3 is 0 Å². The molecule has 0 aliphatic carbocycles. The summed E-state index contributed by atoms with van der Waals surface area (Å²) in [5.74, 6) is 1.05. The molecule has 0 saturated heterocycles. The van der Waals surface area contributed by atoms with Crippen molar-refractivity contribution in [2.75, 3.05) is 7.05 Å². The van der Waals surface area contributed by atoms with Gasteiger partial charge in [0.2, 0.25) is 0 Å². The number of rotatable bonds is 4. The first-order valence-electron chi connectivity index (χ1n) is 16.3. The Morgan fingerprint density at radius 3 is 1.71 bits per heavy atom. The average Bonchev–Trinajstić information content (AvgIpc) is 3.67. The maximum atomic E-state index is 9.79. The van der Waals surface area contributed by atoms with Crippen molar-refractivity contribution in [2.45, 2.75) is 6.17 Å². The second-order valence-corrected chi connectivity index (χ2v) is 12.5. The van der Waals surface area contributed by atoms with E-state index in [0.717, 1.165) is 60.9 Å². The molecule has 1 atom stereocenters. The highest BCUT2D eigenvalue weighted by molar-refractivity contribution is 6.11. The van der Waals surface area contributed by atoms with Crippen LogP contribution in [-0.4, -0.2) is 21.1 Å². The van der Waals surface area contributed by atoms with Gasteiger partial charge in [0, 0.05) is 28.6 Å². The van der Waals surface area contributed by atoms with Gasteiger partial charge in [0.15, 0.2) is 0 Å². The highest BCUT2D eigenvalue weighted by atomic mass is 15.4. The normalized spacial score (nSPS) is 14.6. The van der Waals surface area contributed by atoms with E-state index < -0.39 is 0 Å². The fraction of sp³-hybridized carbons (Fsp3) is 0.0455. The van der Waals surface area contributed by atoms with Gasteiger partial charge in [-0.2, -0.15) is 10.5 Å². The molecule has 0 saturated carbocycles. The quantitative estimate of drug-likeness (QED) is 0.195. The lowest BCUT2D eigenvalue weighted by Crippen LogP contribution is -2.31. The molecule has 8 aromatic rings. The molecule has 1 unspecified atom stereocenters. The Morgan fingerprint density at radius 1 is 0.531 bits per heavy atom. The van der Waals surface area contributed by atoms with Crippen molar-refractivity contribution in [3.63, 3.8) is 0 Å². The number of fused-ring (bicyclic) bond motifs is 6. The summed E-state index contributed by atoms with van der Waals surface area (Å²) in [5.41, 5.74) is 10.1. The van der Waals surface area contributed by atoms with E-state index in [4.69, 9.17) is 0 Å². The maximum absolute atomic E-state index is 9.79. The number of likely N-dealkylation sites (N-methyl/N-ethyl adjacent to an activating group) is 1. The smallest absolute Gasteiger partial charge is 0.127 e. The number of hydrogen-bond donors (Lipinski definition) is 0. The number of allylic oxidation sites excluding steroid dienone is 2. The standard InChI is InChI=1S/C44H29N5/c1-47-43(48-39-15-7-4-12-35(39)36-13-5-8-16-40(36)48)25-32(34-11-3-2-10-33(34)31-21-18-29(27-45)19-22-31)26-44(47)49-41-17-9-6-14-37(41)38-24-30(28-46)20-23-42(38)49/h2-26,44H,1H3. The monoisotopic (exact) mass is 627 g/mol. The highest BCUT2D eigenvalue weighted by Gasteiger charge is 2.29. The number of aromatic nitrogens is 2. The van der Waals surface area contributed by atoms with Gasteiger partial charge in [0.1, 0.15) is 12.0 Å².